The van der Waals surface area contributed by atoms with Gasteiger partial charge in [0.1, 0.15) is 6.10 Å². The Morgan fingerprint density at radius 2 is 1.55 bits per heavy atom. The monoisotopic (exact) mass is 491 g/mol. The third-order valence-corrected chi connectivity index (χ3v) is 9.23. The van der Waals surface area contributed by atoms with Gasteiger partial charge in [0.05, 0.1) is 14.9 Å². The number of hydrogen-bond acceptors (Lipinski definition) is 4. The second-order valence-corrected chi connectivity index (χ2v) is 11.4. The molecule has 0 unspecified atom stereocenters. The topological polar surface area (TPSA) is 46.6 Å². The molecule has 0 saturated carbocycles. The Kier molecular flexibility index (Phi) is 5.61. The van der Waals surface area contributed by atoms with Crippen LogP contribution in [0.5, 0.6) is 5.75 Å². The van der Waals surface area contributed by atoms with Gasteiger partial charge in [-0.1, -0.05) is 47.5 Å². The lowest BCUT2D eigenvalue weighted by molar-refractivity contribution is 0.135. The van der Waals surface area contributed by atoms with E-state index >= 15 is 0 Å². The Morgan fingerprint density at radius 1 is 0.871 bits per heavy atom. The summed E-state index contributed by atoms with van der Waals surface area (Å²) in [4.78, 5) is 0.331. The molecule has 4 aromatic rings. The van der Waals surface area contributed by atoms with E-state index in [1.54, 1.807) is 41.7 Å². The van der Waals surface area contributed by atoms with Gasteiger partial charge < -0.3 is 4.74 Å². The van der Waals surface area contributed by atoms with Gasteiger partial charge in [0.2, 0.25) is 10.0 Å². The van der Waals surface area contributed by atoms with E-state index in [0.29, 0.717) is 46.6 Å². The number of halogens is 2. The van der Waals surface area contributed by atoms with E-state index in [0.717, 1.165) is 20.2 Å². The van der Waals surface area contributed by atoms with E-state index in [9.17, 15) is 8.42 Å². The predicted octanol–water partition coefficient (Wildman–Crippen LogP) is 6.59. The molecular weight excluding hydrogens is 473 g/mol. The summed E-state index contributed by atoms with van der Waals surface area (Å²) in [5.74, 6) is 0.460. The van der Waals surface area contributed by atoms with Gasteiger partial charge in [-0.2, -0.15) is 4.31 Å². The largest absolute Gasteiger partial charge is 0.487 e. The molecule has 0 amide bonds. The minimum Gasteiger partial charge on any atom is -0.487 e. The highest BCUT2D eigenvalue weighted by atomic mass is 35.5. The highest BCUT2D eigenvalue weighted by molar-refractivity contribution is 7.89. The average Bonchev–Trinajstić information content (AvgIpc) is 3.15. The van der Waals surface area contributed by atoms with Crippen LogP contribution < -0.4 is 4.74 Å². The van der Waals surface area contributed by atoms with Crippen molar-refractivity contribution in [3.63, 3.8) is 0 Å². The molecular formula is C23H19Cl2NO3S2. The zero-order valence-electron chi connectivity index (χ0n) is 16.4. The van der Waals surface area contributed by atoms with Crippen LogP contribution in [0.3, 0.4) is 0 Å². The Morgan fingerprint density at radius 3 is 2.29 bits per heavy atom. The summed E-state index contributed by atoms with van der Waals surface area (Å²) in [7, 11) is -3.58. The normalized spacial score (nSPS) is 16.2. The first-order valence-electron chi connectivity index (χ1n) is 9.95. The number of sulfonamides is 1. The maximum Gasteiger partial charge on any atom is 0.243 e. The summed E-state index contributed by atoms with van der Waals surface area (Å²) in [5.41, 5.74) is 0. The summed E-state index contributed by atoms with van der Waals surface area (Å²) in [5, 5.41) is 2.98. The highest BCUT2D eigenvalue weighted by Crippen LogP contribution is 2.37. The smallest absolute Gasteiger partial charge is 0.243 e. The van der Waals surface area contributed by atoms with Crippen molar-refractivity contribution in [2.75, 3.05) is 13.1 Å². The summed E-state index contributed by atoms with van der Waals surface area (Å²) < 4.78 is 36.4. The van der Waals surface area contributed by atoms with E-state index < -0.39 is 10.0 Å². The van der Waals surface area contributed by atoms with Crippen LogP contribution in [-0.4, -0.2) is 31.9 Å². The maximum absolute atomic E-state index is 13.3. The van der Waals surface area contributed by atoms with Crippen molar-refractivity contribution < 1.29 is 13.2 Å². The van der Waals surface area contributed by atoms with Crippen LogP contribution in [0.4, 0.5) is 0 Å². The van der Waals surface area contributed by atoms with Gasteiger partial charge in [-0.3, -0.25) is 0 Å². The molecule has 1 aromatic heterocycles. The van der Waals surface area contributed by atoms with Crippen LogP contribution >= 0.6 is 34.5 Å². The standard InChI is InChI=1S/C23H19Cl2NO3S2/c24-19-5-3-6-20(25)23(19)29-15-10-12-26(13-11-15)31(27,28)16-8-9-22-18(14-16)17-4-1-2-7-21(17)30-22/h1-9,14-15H,10-13H2. The van der Waals surface area contributed by atoms with Crippen LogP contribution in [0.2, 0.25) is 10.0 Å². The molecule has 5 rings (SSSR count). The lowest BCUT2D eigenvalue weighted by Crippen LogP contribution is -2.41. The van der Waals surface area contributed by atoms with E-state index in [4.69, 9.17) is 27.9 Å². The van der Waals surface area contributed by atoms with Gasteiger partial charge in [0.25, 0.3) is 0 Å². The fourth-order valence-electron chi connectivity index (χ4n) is 3.97. The molecule has 1 aliphatic heterocycles. The molecule has 1 saturated heterocycles. The van der Waals surface area contributed by atoms with Gasteiger partial charge in [-0.05, 0) is 49.2 Å². The third kappa shape index (κ3) is 3.92. The predicted molar refractivity (Wildman–Crippen MR) is 128 cm³/mol. The van der Waals surface area contributed by atoms with Crippen molar-refractivity contribution in [2.24, 2.45) is 0 Å². The Hall–Kier alpha value is -1.83. The van der Waals surface area contributed by atoms with Crippen LogP contribution in [0.25, 0.3) is 20.2 Å². The molecule has 0 spiro atoms. The molecule has 0 atom stereocenters. The Balaban J connectivity index is 1.35. The van der Waals surface area contributed by atoms with Crippen molar-refractivity contribution in [1.29, 1.82) is 0 Å². The van der Waals surface area contributed by atoms with Gasteiger partial charge in [-0.25, -0.2) is 8.42 Å². The molecule has 1 aliphatic rings. The molecule has 0 radical (unpaired) electrons. The molecule has 0 bridgehead atoms. The van der Waals surface area contributed by atoms with Crippen molar-refractivity contribution in [2.45, 2.75) is 23.8 Å². The minimum atomic E-state index is -3.58. The highest BCUT2D eigenvalue weighted by Gasteiger charge is 2.31. The number of nitrogens with zero attached hydrogens (tertiary/aromatic N) is 1. The van der Waals surface area contributed by atoms with Crippen LogP contribution in [0.15, 0.2) is 65.6 Å². The van der Waals surface area contributed by atoms with Crippen LogP contribution in [0, 0.1) is 0 Å². The zero-order chi connectivity index (χ0) is 21.6. The average molecular weight is 492 g/mol. The molecule has 31 heavy (non-hydrogen) atoms. The first kappa shape index (κ1) is 21.0. The molecule has 2 heterocycles. The zero-order valence-corrected chi connectivity index (χ0v) is 19.6. The second-order valence-electron chi connectivity index (χ2n) is 7.53. The van der Waals surface area contributed by atoms with Crippen molar-refractivity contribution in [3.8, 4) is 5.75 Å². The number of fused-ring (bicyclic) bond motifs is 3. The summed E-state index contributed by atoms with van der Waals surface area (Å²) in [6.45, 7) is 0.773. The SMILES string of the molecule is O=S(=O)(c1ccc2sc3ccccc3c2c1)N1CCC(Oc2c(Cl)cccc2Cl)CC1. The number of ether oxygens (including phenoxy) is 1. The summed E-state index contributed by atoms with van der Waals surface area (Å²) in [6.07, 6.45) is 1.02. The lowest BCUT2D eigenvalue weighted by Gasteiger charge is -2.31. The van der Waals surface area contributed by atoms with Gasteiger partial charge >= 0.3 is 0 Å². The molecule has 160 valence electrons. The fraction of sp³-hybridized carbons (Fsp3) is 0.217. The number of hydrogen-bond donors (Lipinski definition) is 0. The molecule has 4 nitrogen and oxygen atoms in total. The number of benzene rings is 3. The van der Waals surface area contributed by atoms with E-state index in [1.807, 2.05) is 24.3 Å². The molecule has 0 N–H and O–H groups in total. The second kappa shape index (κ2) is 8.26. The van der Waals surface area contributed by atoms with Gasteiger partial charge in [0, 0.05) is 33.3 Å². The number of rotatable bonds is 4. The minimum absolute atomic E-state index is 0.132. The quantitative estimate of drug-likeness (QED) is 0.323. The Labute approximate surface area is 195 Å². The molecule has 8 heteroatoms. The molecule has 0 aliphatic carbocycles. The Bertz CT molecular complexity index is 1360. The van der Waals surface area contributed by atoms with E-state index in [-0.39, 0.29) is 6.10 Å². The first-order valence-corrected chi connectivity index (χ1v) is 13.0. The lowest BCUT2D eigenvalue weighted by atomic mass is 10.1. The number of thiophene rings is 1. The summed E-state index contributed by atoms with van der Waals surface area (Å²) in [6, 6.07) is 18.7. The molecule has 3 aromatic carbocycles. The summed E-state index contributed by atoms with van der Waals surface area (Å²) >= 11 is 14.1. The van der Waals surface area contributed by atoms with Crippen LogP contribution in [-0.2, 0) is 10.0 Å². The van der Waals surface area contributed by atoms with E-state index in [1.165, 1.54) is 4.31 Å². The van der Waals surface area contributed by atoms with Crippen molar-refractivity contribution >= 4 is 64.7 Å². The van der Waals surface area contributed by atoms with Gasteiger partial charge in [0.15, 0.2) is 5.75 Å². The van der Waals surface area contributed by atoms with Gasteiger partial charge in [-0.15, -0.1) is 11.3 Å². The maximum atomic E-state index is 13.3. The van der Waals surface area contributed by atoms with Crippen molar-refractivity contribution in [1.82, 2.24) is 4.31 Å². The molecule has 1 fully saturated rings. The van der Waals surface area contributed by atoms with Crippen LogP contribution in [0.1, 0.15) is 12.8 Å². The van der Waals surface area contributed by atoms with E-state index in [2.05, 4.69) is 6.07 Å². The fourth-order valence-corrected chi connectivity index (χ4v) is 7.04. The van der Waals surface area contributed by atoms with Crippen molar-refractivity contribution in [3.05, 3.63) is 70.7 Å². The number of piperidine rings is 1. The third-order valence-electron chi connectivity index (χ3n) is 5.59. The first-order chi connectivity index (χ1) is 14.9. The number of para-hydroxylation sites is 1.